The summed E-state index contributed by atoms with van der Waals surface area (Å²) in [6.45, 7) is 1.18. The number of rotatable bonds is 2. The normalized spacial score (nSPS) is 21.6. The molecule has 0 bridgehead atoms. The quantitative estimate of drug-likeness (QED) is 0.835. The van der Waals surface area contributed by atoms with Gasteiger partial charge >= 0.3 is 0 Å². The lowest BCUT2D eigenvalue weighted by Crippen LogP contribution is -2.37. The van der Waals surface area contributed by atoms with Gasteiger partial charge in [-0.1, -0.05) is 18.0 Å². The van der Waals surface area contributed by atoms with E-state index in [-0.39, 0.29) is 0 Å². The molecule has 1 unspecified atom stereocenters. The molecule has 0 aromatic carbocycles. The van der Waals surface area contributed by atoms with Crippen LogP contribution in [0.5, 0.6) is 0 Å². The molecule has 0 spiro atoms. The molecule has 0 radical (unpaired) electrons. The number of likely N-dealkylation sites (N-methyl/N-ethyl adjacent to an activating group) is 1. The topological polar surface area (TPSA) is 33.4 Å². The average Bonchev–Trinajstić information content (AvgIpc) is 2.76. The molecule has 0 aliphatic carbocycles. The minimum atomic E-state index is 0.565. The van der Waals surface area contributed by atoms with E-state index in [2.05, 4.69) is 22.0 Å². The summed E-state index contributed by atoms with van der Waals surface area (Å²) in [6.07, 6.45) is 6.65. The van der Waals surface area contributed by atoms with Gasteiger partial charge in [0.2, 0.25) is 0 Å². The van der Waals surface area contributed by atoms with Gasteiger partial charge in [0.1, 0.15) is 0 Å². The summed E-state index contributed by atoms with van der Waals surface area (Å²) in [5.41, 5.74) is 0.757. The van der Waals surface area contributed by atoms with Crippen LogP contribution in [0.1, 0.15) is 25.1 Å². The highest BCUT2D eigenvalue weighted by molar-refractivity contribution is 6.33. The summed E-state index contributed by atoms with van der Waals surface area (Å²) in [7, 11) is 2.19. The molecular weight excluding hydrogens is 248 g/mol. The molecule has 1 aliphatic rings. The Balaban J connectivity index is 1.84. The predicted molar refractivity (Wildman–Crippen MR) is 72.0 cm³/mol. The maximum Gasteiger partial charge on any atom is 0.174 e. The summed E-state index contributed by atoms with van der Waals surface area (Å²) in [4.78, 5) is 6.95. The van der Waals surface area contributed by atoms with E-state index in [0.717, 1.165) is 17.9 Å². The van der Waals surface area contributed by atoms with Crippen molar-refractivity contribution in [3.63, 3.8) is 0 Å². The molecule has 3 heterocycles. The fraction of sp³-hybridized carbons (Fsp3) is 0.538. The summed E-state index contributed by atoms with van der Waals surface area (Å²) < 4.78 is 1.76. The molecule has 2 aromatic rings. The van der Waals surface area contributed by atoms with Crippen LogP contribution >= 0.6 is 11.6 Å². The third-order valence-electron chi connectivity index (χ3n) is 3.70. The largest absolute Gasteiger partial charge is 0.303 e. The van der Waals surface area contributed by atoms with Gasteiger partial charge in [-0.05, 0) is 38.6 Å². The van der Waals surface area contributed by atoms with Crippen molar-refractivity contribution in [2.45, 2.75) is 31.7 Å². The molecule has 1 fully saturated rings. The van der Waals surface area contributed by atoms with Crippen LogP contribution < -0.4 is 0 Å². The van der Waals surface area contributed by atoms with E-state index < -0.39 is 0 Å². The van der Waals surface area contributed by atoms with E-state index in [1.165, 1.54) is 25.8 Å². The van der Waals surface area contributed by atoms with Gasteiger partial charge in [-0.15, -0.1) is 0 Å². The zero-order valence-corrected chi connectivity index (χ0v) is 11.3. The van der Waals surface area contributed by atoms with Gasteiger partial charge in [-0.2, -0.15) is 5.10 Å². The van der Waals surface area contributed by atoms with Gasteiger partial charge in [-0.3, -0.25) is 0 Å². The number of fused-ring (bicyclic) bond motifs is 1. The SMILES string of the molecule is CN1CCCCC1Cc1nc2c(Cl)cccn2n1. The van der Waals surface area contributed by atoms with Crippen LogP contribution in [-0.2, 0) is 6.42 Å². The second-order valence-corrected chi connectivity index (χ2v) is 5.39. The fourth-order valence-electron chi connectivity index (χ4n) is 2.62. The Hall–Kier alpha value is -1.13. The van der Waals surface area contributed by atoms with Crippen LogP contribution in [0, 0.1) is 0 Å². The standard InChI is InChI=1S/C13H17ClN4/c1-17-7-3-2-5-10(17)9-12-15-13-11(14)6-4-8-18(13)16-12/h4,6,8,10H,2-3,5,7,9H2,1H3. The van der Waals surface area contributed by atoms with Crippen molar-refractivity contribution in [3.05, 3.63) is 29.2 Å². The summed E-state index contributed by atoms with van der Waals surface area (Å²) in [5.74, 6) is 0.891. The monoisotopic (exact) mass is 264 g/mol. The van der Waals surface area contributed by atoms with Crippen LogP contribution in [0.2, 0.25) is 5.02 Å². The van der Waals surface area contributed by atoms with Crippen molar-refractivity contribution in [2.24, 2.45) is 0 Å². The van der Waals surface area contributed by atoms with Crippen molar-refractivity contribution in [1.82, 2.24) is 19.5 Å². The maximum absolute atomic E-state index is 6.11. The third kappa shape index (κ3) is 2.22. The molecule has 2 aromatic heterocycles. The van der Waals surface area contributed by atoms with Crippen molar-refractivity contribution in [2.75, 3.05) is 13.6 Å². The first-order chi connectivity index (χ1) is 8.74. The molecule has 1 saturated heterocycles. The Labute approximate surface area is 112 Å². The number of likely N-dealkylation sites (tertiary alicyclic amines) is 1. The molecule has 96 valence electrons. The predicted octanol–water partition coefficient (Wildman–Crippen LogP) is 2.41. The number of hydrogen-bond donors (Lipinski definition) is 0. The highest BCUT2D eigenvalue weighted by Gasteiger charge is 2.21. The van der Waals surface area contributed by atoms with E-state index in [1.807, 2.05) is 18.3 Å². The Morgan fingerprint density at radius 1 is 1.44 bits per heavy atom. The minimum Gasteiger partial charge on any atom is -0.303 e. The van der Waals surface area contributed by atoms with Crippen molar-refractivity contribution in [1.29, 1.82) is 0 Å². The lowest BCUT2D eigenvalue weighted by molar-refractivity contribution is 0.182. The third-order valence-corrected chi connectivity index (χ3v) is 3.99. The molecule has 0 N–H and O–H groups in total. The average molecular weight is 265 g/mol. The number of halogens is 1. The lowest BCUT2D eigenvalue weighted by Gasteiger charge is -2.31. The molecule has 3 rings (SSSR count). The van der Waals surface area contributed by atoms with Gasteiger partial charge in [0.05, 0.1) is 5.02 Å². The molecule has 5 heteroatoms. The lowest BCUT2D eigenvalue weighted by atomic mass is 10.00. The van der Waals surface area contributed by atoms with Gasteiger partial charge in [0, 0.05) is 18.7 Å². The summed E-state index contributed by atoms with van der Waals surface area (Å²) >= 11 is 6.11. The van der Waals surface area contributed by atoms with Gasteiger partial charge in [-0.25, -0.2) is 9.50 Å². The van der Waals surface area contributed by atoms with E-state index >= 15 is 0 Å². The Kier molecular flexibility index (Phi) is 3.22. The van der Waals surface area contributed by atoms with E-state index in [4.69, 9.17) is 11.6 Å². The number of piperidine rings is 1. The molecule has 0 amide bonds. The number of nitrogens with zero attached hydrogens (tertiary/aromatic N) is 4. The van der Waals surface area contributed by atoms with Crippen LogP contribution in [0.25, 0.3) is 5.65 Å². The smallest absolute Gasteiger partial charge is 0.174 e. The number of pyridine rings is 1. The maximum atomic E-state index is 6.11. The first kappa shape index (κ1) is 11.9. The first-order valence-electron chi connectivity index (χ1n) is 6.44. The zero-order chi connectivity index (χ0) is 12.5. The Morgan fingerprint density at radius 3 is 3.11 bits per heavy atom. The number of hydrogen-bond acceptors (Lipinski definition) is 3. The van der Waals surface area contributed by atoms with E-state index in [1.54, 1.807) is 4.52 Å². The van der Waals surface area contributed by atoms with Crippen molar-refractivity contribution < 1.29 is 0 Å². The molecule has 18 heavy (non-hydrogen) atoms. The Bertz CT molecular complexity index is 551. The van der Waals surface area contributed by atoms with Gasteiger partial charge < -0.3 is 4.90 Å². The summed E-state index contributed by atoms with van der Waals surface area (Å²) in [6, 6.07) is 4.30. The van der Waals surface area contributed by atoms with Crippen molar-refractivity contribution in [3.8, 4) is 0 Å². The van der Waals surface area contributed by atoms with Crippen LogP contribution in [-0.4, -0.2) is 39.1 Å². The Morgan fingerprint density at radius 2 is 2.33 bits per heavy atom. The summed E-state index contributed by atoms with van der Waals surface area (Å²) in [5, 5.41) is 5.16. The van der Waals surface area contributed by atoms with E-state index in [9.17, 15) is 0 Å². The highest BCUT2D eigenvalue weighted by Crippen LogP contribution is 2.19. The molecule has 4 nitrogen and oxygen atoms in total. The van der Waals surface area contributed by atoms with Gasteiger partial charge in [0.15, 0.2) is 11.5 Å². The minimum absolute atomic E-state index is 0.565. The van der Waals surface area contributed by atoms with Gasteiger partial charge in [0.25, 0.3) is 0 Å². The fourth-order valence-corrected chi connectivity index (χ4v) is 2.82. The van der Waals surface area contributed by atoms with Crippen LogP contribution in [0.3, 0.4) is 0 Å². The molecule has 1 aliphatic heterocycles. The van der Waals surface area contributed by atoms with E-state index in [0.29, 0.717) is 11.1 Å². The second kappa shape index (κ2) is 4.86. The highest BCUT2D eigenvalue weighted by atomic mass is 35.5. The van der Waals surface area contributed by atoms with Crippen LogP contribution in [0.15, 0.2) is 18.3 Å². The second-order valence-electron chi connectivity index (χ2n) is 4.99. The number of aromatic nitrogens is 3. The van der Waals surface area contributed by atoms with Crippen LogP contribution in [0.4, 0.5) is 0 Å². The van der Waals surface area contributed by atoms with Crippen molar-refractivity contribution >= 4 is 17.2 Å². The molecule has 0 saturated carbocycles. The molecule has 1 atom stereocenters. The molecular formula is C13H17ClN4. The zero-order valence-electron chi connectivity index (χ0n) is 10.5. The first-order valence-corrected chi connectivity index (χ1v) is 6.82.